The Labute approximate surface area is 476 Å². The SMILES string of the molecule is C.CCCCC(CC)C[Si]1(CC(CC)CCCC)c2cc(C)sc2-c2sc(-c3c(F)c(F)c(-c4cc5c(s4)-c4sc(-c6ccc(C)c7nsnc67)cc4[Si]5(CC(CC)CCCC)CC(CC)CCCC)c(F)c3F)cc21. The lowest BCUT2D eigenvalue weighted by Gasteiger charge is -2.35. The van der Waals surface area contributed by atoms with Crippen LogP contribution in [0.2, 0.25) is 24.2 Å². The number of aryl methyl sites for hydroxylation is 2. The van der Waals surface area contributed by atoms with Crippen molar-refractivity contribution in [1.82, 2.24) is 8.75 Å². The molecule has 7 heterocycles. The molecule has 76 heavy (non-hydrogen) atoms. The number of fused-ring (bicyclic) bond motifs is 7. The molecule has 0 amide bonds. The highest BCUT2D eigenvalue weighted by Crippen LogP contribution is 2.53. The fourth-order valence-corrected chi connectivity index (χ4v) is 34.9. The zero-order valence-electron chi connectivity index (χ0n) is 46.4. The van der Waals surface area contributed by atoms with Crippen molar-refractivity contribution in [3.8, 4) is 50.8 Å². The van der Waals surface area contributed by atoms with Crippen LogP contribution in [0.5, 0.6) is 0 Å². The van der Waals surface area contributed by atoms with Gasteiger partial charge in [0.15, 0.2) is 23.3 Å². The molecule has 0 aliphatic carbocycles. The summed E-state index contributed by atoms with van der Waals surface area (Å²) in [5, 5.41) is 5.36. The molecule has 0 saturated carbocycles. The average molecular weight is 1160 g/mol. The summed E-state index contributed by atoms with van der Waals surface area (Å²) in [6, 6.07) is 17.5. The van der Waals surface area contributed by atoms with E-state index in [-0.39, 0.29) is 12.3 Å². The van der Waals surface area contributed by atoms with E-state index in [0.29, 0.717) is 28.5 Å². The third-order valence-corrected chi connectivity index (χ3v) is 34.8. The number of unbranched alkanes of at least 4 members (excludes halogenated alkanes) is 4. The summed E-state index contributed by atoms with van der Waals surface area (Å²) < 4.78 is 79.5. The van der Waals surface area contributed by atoms with Crippen molar-refractivity contribution in [2.75, 3.05) is 0 Å². The topological polar surface area (TPSA) is 25.8 Å². The Hall–Kier alpha value is -2.79. The number of hydrogen-bond acceptors (Lipinski definition) is 7. The third-order valence-electron chi connectivity index (χ3n) is 17.9. The van der Waals surface area contributed by atoms with Crippen LogP contribution in [0.4, 0.5) is 17.6 Å². The minimum atomic E-state index is -2.68. The van der Waals surface area contributed by atoms with Crippen LogP contribution in [-0.4, -0.2) is 24.9 Å². The molecule has 4 atom stereocenters. The summed E-state index contributed by atoms with van der Waals surface area (Å²) in [5.41, 5.74) is 2.86. The number of rotatable bonds is 27. The first kappa shape index (κ1) is 59.3. The molecule has 9 rings (SSSR count). The van der Waals surface area contributed by atoms with Gasteiger partial charge in [-0.2, -0.15) is 8.75 Å². The van der Waals surface area contributed by atoms with E-state index in [1.807, 2.05) is 12.1 Å². The molecule has 0 N–H and O–H groups in total. The van der Waals surface area contributed by atoms with Crippen molar-refractivity contribution in [3.63, 3.8) is 0 Å². The van der Waals surface area contributed by atoms with Gasteiger partial charge in [-0.25, -0.2) is 17.6 Å². The fourth-order valence-electron chi connectivity index (χ4n) is 13.5. The first-order valence-corrected chi connectivity index (χ1v) is 37.7. The summed E-state index contributed by atoms with van der Waals surface area (Å²) >= 11 is 7.47. The summed E-state index contributed by atoms with van der Waals surface area (Å²) in [6.07, 6.45) is 18.1. The lowest BCUT2D eigenvalue weighted by atomic mass is 10.0. The van der Waals surface area contributed by atoms with E-state index in [1.54, 1.807) is 22.7 Å². The summed E-state index contributed by atoms with van der Waals surface area (Å²) in [6.45, 7) is 22.6. The molecule has 0 saturated heterocycles. The Kier molecular flexibility index (Phi) is 19.8. The zero-order chi connectivity index (χ0) is 53.3. The minimum absolute atomic E-state index is 0. The van der Waals surface area contributed by atoms with Crippen LogP contribution in [0, 0.1) is 60.8 Å². The Morgan fingerprint density at radius 1 is 0.447 bits per heavy atom. The summed E-state index contributed by atoms with van der Waals surface area (Å²) in [4.78, 5) is 7.49. The number of aromatic nitrogens is 2. The Balaban J connectivity index is 0.00000765. The van der Waals surface area contributed by atoms with Crippen LogP contribution in [0.25, 0.3) is 61.9 Å². The van der Waals surface area contributed by atoms with E-state index in [2.05, 4.69) is 97.9 Å². The molecule has 0 radical (unpaired) electrons. The van der Waals surface area contributed by atoms with Gasteiger partial charge in [-0.1, -0.05) is 178 Å². The first-order chi connectivity index (χ1) is 36.3. The molecule has 2 aromatic carbocycles. The fraction of sp³-hybridized carbons (Fsp3) is 0.556. The van der Waals surface area contributed by atoms with Crippen molar-refractivity contribution < 1.29 is 17.6 Å². The van der Waals surface area contributed by atoms with Crippen molar-refractivity contribution in [1.29, 1.82) is 0 Å². The third kappa shape index (κ3) is 10.8. The molecule has 2 aliphatic rings. The first-order valence-electron chi connectivity index (χ1n) is 28.9. The summed E-state index contributed by atoms with van der Waals surface area (Å²) in [5.74, 6) is -3.09. The predicted molar refractivity (Wildman–Crippen MR) is 335 cm³/mol. The van der Waals surface area contributed by atoms with Crippen molar-refractivity contribution in [3.05, 3.63) is 70.1 Å². The minimum Gasteiger partial charge on any atom is -0.203 e. The van der Waals surface area contributed by atoms with Crippen LogP contribution in [0.3, 0.4) is 0 Å². The molecule has 0 fully saturated rings. The highest BCUT2D eigenvalue weighted by atomic mass is 32.1. The van der Waals surface area contributed by atoms with Crippen LogP contribution in [0.1, 0.15) is 176 Å². The number of halogens is 4. The number of thiophene rings is 4. The largest absolute Gasteiger partial charge is 0.203 e. The van der Waals surface area contributed by atoms with E-state index in [9.17, 15) is 0 Å². The van der Waals surface area contributed by atoms with Gasteiger partial charge in [-0.15, -0.1) is 45.3 Å². The van der Waals surface area contributed by atoms with Crippen LogP contribution in [0.15, 0.2) is 36.4 Å². The van der Waals surface area contributed by atoms with Crippen molar-refractivity contribution in [2.45, 2.75) is 204 Å². The molecular formula is C63H84F4N2S5Si2. The smallest absolute Gasteiger partial charge is 0.171 e. The van der Waals surface area contributed by atoms with E-state index < -0.39 is 50.5 Å². The Bertz CT molecular complexity index is 3040. The van der Waals surface area contributed by atoms with E-state index in [4.69, 9.17) is 4.37 Å². The number of hydrogen-bond donors (Lipinski definition) is 0. The number of benzene rings is 2. The van der Waals surface area contributed by atoms with E-state index in [0.717, 1.165) is 143 Å². The van der Waals surface area contributed by atoms with E-state index in [1.165, 1.54) is 90.6 Å². The van der Waals surface area contributed by atoms with Gasteiger partial charge in [0, 0.05) is 44.6 Å². The molecule has 7 aromatic rings. The number of nitrogens with zero attached hydrogens (tertiary/aromatic N) is 2. The zero-order valence-corrected chi connectivity index (χ0v) is 52.4. The Morgan fingerprint density at radius 3 is 1.17 bits per heavy atom. The van der Waals surface area contributed by atoms with E-state index >= 15 is 17.6 Å². The predicted octanol–water partition coefficient (Wildman–Crippen LogP) is 20.7. The van der Waals surface area contributed by atoms with Gasteiger partial charge in [-0.05, 0) is 112 Å². The average Bonchev–Trinajstić information content (AvgIpc) is 4.30. The molecular weight excluding hydrogens is 1080 g/mol. The normalized spacial score (nSPS) is 18.2. The van der Waals surface area contributed by atoms with Gasteiger partial charge in [0.25, 0.3) is 0 Å². The molecule has 5 aromatic heterocycles. The Morgan fingerprint density at radius 2 is 0.789 bits per heavy atom. The highest BCUT2D eigenvalue weighted by Gasteiger charge is 2.52. The lowest BCUT2D eigenvalue weighted by Crippen LogP contribution is -2.56. The highest BCUT2D eigenvalue weighted by molar-refractivity contribution is 7.32. The monoisotopic (exact) mass is 1160 g/mol. The van der Waals surface area contributed by atoms with Crippen molar-refractivity contribution >= 4 is 105 Å². The van der Waals surface area contributed by atoms with Gasteiger partial charge >= 0.3 is 0 Å². The standard InChI is InChI=1S/C62H80F4N2S5Si2.CH4/c1-11-19-23-39(15-5)33-74(34-40(16-6)24-20-12-2)47-29-38(10)69-59(47)60-49(74)31-45(71-60)51-53(63)55(65)52(56(66)54(51)64)46-32-50-62(72-46)61-48(30-44(70-61)43-28-27-37(9)57-58(43)68-73-67-57)75(50,35-41(17-7)25-21-13-3)36-42(18-8)26-22-14-4;/h27-32,39-42H,11-26,33-36H2,1-10H3;1H4. The molecule has 0 spiro atoms. The van der Waals surface area contributed by atoms with Crippen LogP contribution < -0.4 is 20.7 Å². The van der Waals surface area contributed by atoms with Gasteiger partial charge in [0.05, 0.1) is 22.9 Å². The molecule has 4 unspecified atom stereocenters. The van der Waals surface area contributed by atoms with Gasteiger partial charge in [-0.3, -0.25) is 0 Å². The lowest BCUT2D eigenvalue weighted by molar-refractivity contribution is 0.463. The maximum Gasteiger partial charge on any atom is 0.171 e. The van der Waals surface area contributed by atoms with Gasteiger partial charge in [0.1, 0.15) is 27.2 Å². The molecule has 0 bridgehead atoms. The second-order valence-corrected chi connectivity index (χ2v) is 35.8. The van der Waals surface area contributed by atoms with Crippen LogP contribution >= 0.6 is 57.1 Å². The van der Waals surface area contributed by atoms with Crippen LogP contribution in [-0.2, 0) is 0 Å². The molecule has 2 nitrogen and oxygen atoms in total. The second-order valence-electron chi connectivity index (χ2n) is 22.7. The molecule has 13 heteroatoms. The molecule has 412 valence electrons. The van der Waals surface area contributed by atoms with Gasteiger partial charge < -0.3 is 0 Å². The van der Waals surface area contributed by atoms with Crippen molar-refractivity contribution in [2.24, 2.45) is 23.7 Å². The molecule has 2 aliphatic heterocycles. The maximum atomic E-state index is 17.5. The quantitative estimate of drug-likeness (QED) is 0.0291. The maximum absolute atomic E-state index is 17.5. The summed E-state index contributed by atoms with van der Waals surface area (Å²) in [7, 11) is -5.17. The second kappa shape index (κ2) is 25.3. The van der Waals surface area contributed by atoms with Gasteiger partial charge in [0.2, 0.25) is 0 Å².